The van der Waals surface area contributed by atoms with Crippen LogP contribution in [0.1, 0.15) is 21.9 Å². The summed E-state index contributed by atoms with van der Waals surface area (Å²) >= 11 is 3.65. The Morgan fingerprint density at radius 1 is 1.17 bits per heavy atom. The van der Waals surface area contributed by atoms with Crippen molar-refractivity contribution in [3.05, 3.63) is 71.6 Å². The van der Waals surface area contributed by atoms with E-state index in [-0.39, 0.29) is 16.7 Å². The molecule has 1 saturated heterocycles. The van der Waals surface area contributed by atoms with E-state index in [4.69, 9.17) is 4.74 Å². The number of methoxy groups -OCH3 is 2. The number of ether oxygens (including phenoxy) is 2. The highest BCUT2D eigenvalue weighted by molar-refractivity contribution is 8.31. The van der Waals surface area contributed by atoms with Gasteiger partial charge in [-0.2, -0.15) is 0 Å². The van der Waals surface area contributed by atoms with Crippen LogP contribution in [0.5, 0.6) is 0 Å². The first-order chi connectivity index (χ1) is 14.5. The number of carbonyl (C=O) groups excluding carboxylic acids is 2. The smallest absolute Gasteiger partial charge is 0.418 e. The lowest BCUT2D eigenvalue weighted by molar-refractivity contribution is -0.134. The Kier molecular flexibility index (Phi) is 5.97. The van der Waals surface area contributed by atoms with Crippen LogP contribution < -0.4 is 0 Å². The maximum atomic E-state index is 12.7. The number of carbonyl (C=O) groups is 2. The molecule has 6 nitrogen and oxygen atoms in total. The second-order valence-corrected chi connectivity index (χ2v) is 9.71. The number of hydrogen-bond donors (Lipinski definition) is 0. The van der Waals surface area contributed by atoms with Crippen molar-refractivity contribution in [3.8, 4) is 0 Å². The van der Waals surface area contributed by atoms with Gasteiger partial charge in [-0.05, 0) is 17.7 Å². The number of fused-ring (bicyclic) bond motifs is 1. The summed E-state index contributed by atoms with van der Waals surface area (Å²) in [5.41, 5.74) is 3.83. The molecule has 156 valence electrons. The number of nitrogens with zero attached hydrogens (tertiary/aromatic N) is 2. The van der Waals surface area contributed by atoms with Crippen LogP contribution in [-0.2, 0) is 14.3 Å². The zero-order valence-corrected chi connectivity index (χ0v) is 18.5. The molecule has 1 unspecified atom stereocenters. The largest absolute Gasteiger partial charge is 0.466 e. The second-order valence-electron chi connectivity index (χ2n) is 6.86. The molecular weight excluding hydrogens is 420 g/mol. The lowest BCUT2D eigenvalue weighted by Gasteiger charge is -2.32. The SMILES string of the molecule is COC(=O)/C=C/C1=CN(C)C(c2c(C3SCS3)n(C(=O)OC)c3ccccc23)C=C1. The zero-order chi connectivity index (χ0) is 21.3. The molecule has 1 atom stereocenters. The molecule has 3 heterocycles. The van der Waals surface area contributed by atoms with E-state index in [1.807, 2.05) is 61.0 Å². The third-order valence-electron chi connectivity index (χ3n) is 5.14. The molecule has 0 saturated carbocycles. The Balaban J connectivity index is 1.81. The Morgan fingerprint density at radius 3 is 2.57 bits per heavy atom. The number of likely N-dealkylation sites (N-methyl/N-ethyl adjacent to an activating group) is 1. The number of benzene rings is 1. The molecule has 0 radical (unpaired) electrons. The maximum absolute atomic E-state index is 12.7. The predicted molar refractivity (Wildman–Crippen MR) is 121 cm³/mol. The molecule has 0 bridgehead atoms. The summed E-state index contributed by atoms with van der Waals surface area (Å²) < 4.78 is 11.7. The first kappa shape index (κ1) is 20.7. The molecular formula is C22H22N2O4S2. The molecule has 30 heavy (non-hydrogen) atoms. The average Bonchev–Trinajstić information content (AvgIpc) is 3.04. The van der Waals surface area contributed by atoms with Crippen molar-refractivity contribution in [2.75, 3.05) is 26.4 Å². The van der Waals surface area contributed by atoms with Crippen molar-refractivity contribution >= 4 is 46.5 Å². The zero-order valence-electron chi connectivity index (χ0n) is 16.9. The molecule has 1 fully saturated rings. The van der Waals surface area contributed by atoms with Gasteiger partial charge in [0, 0.05) is 35.4 Å². The number of esters is 1. The van der Waals surface area contributed by atoms with E-state index in [1.54, 1.807) is 10.6 Å². The van der Waals surface area contributed by atoms with Crippen LogP contribution in [0.4, 0.5) is 4.79 Å². The molecule has 8 heteroatoms. The number of hydrogen-bond acceptors (Lipinski definition) is 7. The maximum Gasteiger partial charge on any atom is 0.418 e. The van der Waals surface area contributed by atoms with Gasteiger partial charge in [0.15, 0.2) is 0 Å². The van der Waals surface area contributed by atoms with Crippen LogP contribution in [-0.4, -0.2) is 47.9 Å². The van der Waals surface area contributed by atoms with Gasteiger partial charge in [-0.3, -0.25) is 0 Å². The summed E-state index contributed by atoms with van der Waals surface area (Å²) in [6.07, 6.45) is 8.82. The van der Waals surface area contributed by atoms with E-state index >= 15 is 0 Å². The Labute approximate surface area is 183 Å². The van der Waals surface area contributed by atoms with Crippen molar-refractivity contribution in [2.24, 2.45) is 0 Å². The minimum Gasteiger partial charge on any atom is -0.466 e. The Bertz CT molecular complexity index is 1080. The summed E-state index contributed by atoms with van der Waals surface area (Å²) in [4.78, 5) is 26.2. The normalized spacial score (nSPS) is 19.1. The molecule has 1 aromatic heterocycles. The van der Waals surface area contributed by atoms with Crippen molar-refractivity contribution in [2.45, 2.75) is 10.6 Å². The Morgan fingerprint density at radius 2 is 1.93 bits per heavy atom. The fraction of sp³-hybridized carbons (Fsp3) is 0.273. The first-order valence-electron chi connectivity index (χ1n) is 9.38. The van der Waals surface area contributed by atoms with Crippen LogP contribution in [0.15, 0.2) is 60.3 Å². The molecule has 2 aliphatic rings. The van der Waals surface area contributed by atoms with Gasteiger partial charge in [-0.15, -0.1) is 23.5 Å². The molecule has 0 amide bonds. The summed E-state index contributed by atoms with van der Waals surface area (Å²) in [5.74, 6) is -0.392. The molecule has 0 aliphatic carbocycles. The lowest BCUT2D eigenvalue weighted by atomic mass is 9.98. The minimum absolute atomic E-state index is 0.0483. The highest BCUT2D eigenvalue weighted by atomic mass is 32.3. The summed E-state index contributed by atoms with van der Waals surface area (Å²) in [6.45, 7) is 0. The van der Waals surface area contributed by atoms with Crippen molar-refractivity contribution in [1.82, 2.24) is 9.47 Å². The summed E-state index contributed by atoms with van der Waals surface area (Å²) in [6, 6.07) is 7.89. The number of para-hydroxylation sites is 1. The topological polar surface area (TPSA) is 60.8 Å². The van der Waals surface area contributed by atoms with Gasteiger partial charge < -0.3 is 14.4 Å². The van der Waals surface area contributed by atoms with Crippen molar-refractivity contribution in [3.63, 3.8) is 0 Å². The number of thioether (sulfide) groups is 2. The van der Waals surface area contributed by atoms with Crippen molar-refractivity contribution in [1.29, 1.82) is 0 Å². The van der Waals surface area contributed by atoms with Gasteiger partial charge in [-0.1, -0.05) is 30.4 Å². The molecule has 0 spiro atoms. The standard InChI is InChI=1S/C22H22N2O4S2/c1-23-12-14(9-11-18(25)27-2)8-10-17(23)19-15-6-4-5-7-16(15)24(22(26)28-3)20(19)21-29-13-30-21/h4-12,17,21H,13H2,1-3H3/b11-9+. The summed E-state index contributed by atoms with van der Waals surface area (Å²) in [7, 11) is 4.77. The highest BCUT2D eigenvalue weighted by Gasteiger charge is 2.35. The minimum atomic E-state index is -0.392. The fourth-order valence-electron chi connectivity index (χ4n) is 3.74. The van der Waals surface area contributed by atoms with Crippen LogP contribution in [0.25, 0.3) is 10.9 Å². The van der Waals surface area contributed by atoms with Gasteiger partial charge in [0.2, 0.25) is 0 Å². The van der Waals surface area contributed by atoms with E-state index in [0.29, 0.717) is 0 Å². The monoisotopic (exact) mass is 442 g/mol. The predicted octanol–water partition coefficient (Wildman–Crippen LogP) is 4.85. The highest BCUT2D eigenvalue weighted by Crippen LogP contribution is 2.55. The van der Waals surface area contributed by atoms with E-state index in [0.717, 1.165) is 32.8 Å². The van der Waals surface area contributed by atoms with Crippen LogP contribution >= 0.6 is 23.5 Å². The van der Waals surface area contributed by atoms with Gasteiger partial charge in [0.1, 0.15) is 0 Å². The van der Waals surface area contributed by atoms with Crippen LogP contribution in [0.3, 0.4) is 0 Å². The van der Waals surface area contributed by atoms with Gasteiger partial charge in [0.05, 0.1) is 36.1 Å². The third-order valence-corrected chi connectivity index (χ3v) is 8.10. The van der Waals surface area contributed by atoms with E-state index in [9.17, 15) is 9.59 Å². The van der Waals surface area contributed by atoms with E-state index < -0.39 is 5.97 Å². The average molecular weight is 443 g/mol. The Hall–Kier alpha value is -2.58. The quantitative estimate of drug-likeness (QED) is 0.496. The molecule has 2 aromatic rings. The molecule has 2 aliphatic heterocycles. The number of aromatic nitrogens is 1. The van der Waals surface area contributed by atoms with Crippen LogP contribution in [0.2, 0.25) is 0 Å². The van der Waals surface area contributed by atoms with Gasteiger partial charge >= 0.3 is 12.1 Å². The van der Waals surface area contributed by atoms with Crippen molar-refractivity contribution < 1.29 is 19.1 Å². The van der Waals surface area contributed by atoms with E-state index in [1.165, 1.54) is 20.3 Å². The number of allylic oxidation sites excluding steroid dienone is 3. The lowest BCUT2D eigenvalue weighted by Crippen LogP contribution is -2.24. The first-order valence-corrected chi connectivity index (χ1v) is 11.5. The number of rotatable bonds is 4. The molecule has 4 rings (SSSR count). The third kappa shape index (κ3) is 3.65. The van der Waals surface area contributed by atoms with Gasteiger partial charge in [0.25, 0.3) is 0 Å². The fourth-order valence-corrected chi connectivity index (χ4v) is 5.61. The second kappa shape index (κ2) is 8.65. The summed E-state index contributed by atoms with van der Waals surface area (Å²) in [5, 5.41) is 2.04. The molecule has 0 N–H and O–H groups in total. The molecule has 1 aromatic carbocycles. The van der Waals surface area contributed by atoms with Crippen LogP contribution in [0, 0.1) is 0 Å². The van der Waals surface area contributed by atoms with Gasteiger partial charge in [-0.25, -0.2) is 14.2 Å². The van der Waals surface area contributed by atoms with E-state index in [2.05, 4.69) is 21.8 Å².